The summed E-state index contributed by atoms with van der Waals surface area (Å²) < 4.78 is 2.63. The topological polar surface area (TPSA) is 48.0 Å². The number of ketones is 1. The Kier molecular flexibility index (Phi) is 3.51. The van der Waals surface area contributed by atoms with Crippen molar-refractivity contribution >= 4 is 49.9 Å². The van der Waals surface area contributed by atoms with Crippen molar-refractivity contribution in [1.29, 1.82) is 0 Å². The number of benzene rings is 2. The molecule has 0 saturated heterocycles. The highest BCUT2D eigenvalue weighted by Gasteiger charge is 2.18. The number of carbonyl (C=O) groups is 1. The van der Waals surface area contributed by atoms with Crippen LogP contribution in [-0.2, 0) is 7.05 Å². The van der Waals surface area contributed by atoms with Gasteiger partial charge in [0.15, 0.2) is 5.78 Å². The summed E-state index contributed by atoms with van der Waals surface area (Å²) in [5.74, 6) is -0.0675. The minimum Gasteiger partial charge on any atom is -0.399 e. The van der Waals surface area contributed by atoms with Gasteiger partial charge in [-0.25, -0.2) is 0 Å². The lowest BCUT2D eigenvalue weighted by Crippen LogP contribution is -2.03. The molecule has 3 aromatic rings. The van der Waals surface area contributed by atoms with Crippen molar-refractivity contribution in [2.45, 2.75) is 0 Å². The normalized spacial score (nSPS) is 11.0. The van der Waals surface area contributed by atoms with Crippen LogP contribution in [0.4, 0.5) is 5.69 Å². The second-order valence-corrected chi connectivity index (χ2v) is 6.17. The standard InChI is InChI=1S/C16H12BrClN2O/c1-20-8-13(11-4-2-9(18)6-15(11)20)16(21)12-7-10(19)3-5-14(12)17/h2-8H,19H2,1H3. The molecule has 3 nitrogen and oxygen atoms in total. The number of rotatable bonds is 2. The van der Waals surface area contributed by atoms with Crippen LogP contribution in [0.1, 0.15) is 15.9 Å². The minimum absolute atomic E-state index is 0.0675. The smallest absolute Gasteiger partial charge is 0.196 e. The Balaban J connectivity index is 2.21. The molecule has 0 amide bonds. The van der Waals surface area contributed by atoms with E-state index in [4.69, 9.17) is 17.3 Å². The molecule has 21 heavy (non-hydrogen) atoms. The van der Waals surface area contributed by atoms with Crippen molar-refractivity contribution in [3.63, 3.8) is 0 Å². The Morgan fingerprint density at radius 2 is 1.95 bits per heavy atom. The van der Waals surface area contributed by atoms with E-state index in [1.54, 1.807) is 24.3 Å². The highest BCUT2D eigenvalue weighted by Crippen LogP contribution is 2.29. The zero-order valence-electron chi connectivity index (χ0n) is 11.2. The lowest BCUT2D eigenvalue weighted by Gasteiger charge is -2.04. The third-order valence-electron chi connectivity index (χ3n) is 3.43. The van der Waals surface area contributed by atoms with Crippen LogP contribution in [-0.4, -0.2) is 10.4 Å². The van der Waals surface area contributed by atoms with Gasteiger partial charge in [0.1, 0.15) is 0 Å². The van der Waals surface area contributed by atoms with Crippen LogP contribution in [0.5, 0.6) is 0 Å². The average Bonchev–Trinajstić information content (AvgIpc) is 2.78. The molecule has 0 unspecified atom stereocenters. The third-order valence-corrected chi connectivity index (χ3v) is 4.36. The van der Waals surface area contributed by atoms with E-state index in [2.05, 4.69) is 15.9 Å². The first-order chi connectivity index (χ1) is 9.97. The Morgan fingerprint density at radius 3 is 2.71 bits per heavy atom. The first-order valence-corrected chi connectivity index (χ1v) is 7.49. The third kappa shape index (κ3) is 2.45. The number of aromatic nitrogens is 1. The van der Waals surface area contributed by atoms with E-state index < -0.39 is 0 Å². The van der Waals surface area contributed by atoms with Gasteiger partial charge in [-0.3, -0.25) is 4.79 Å². The van der Waals surface area contributed by atoms with Crippen molar-refractivity contribution in [1.82, 2.24) is 4.57 Å². The molecule has 0 bridgehead atoms. The van der Waals surface area contributed by atoms with E-state index in [-0.39, 0.29) is 5.78 Å². The van der Waals surface area contributed by atoms with Gasteiger partial charge in [0.25, 0.3) is 0 Å². The first kappa shape index (κ1) is 14.2. The lowest BCUT2D eigenvalue weighted by molar-refractivity contribution is 0.103. The molecule has 0 aliphatic rings. The van der Waals surface area contributed by atoms with Gasteiger partial charge in [0.2, 0.25) is 0 Å². The van der Waals surface area contributed by atoms with Gasteiger partial charge in [0.05, 0.1) is 0 Å². The van der Waals surface area contributed by atoms with Crippen molar-refractivity contribution in [3.8, 4) is 0 Å². The molecule has 2 N–H and O–H groups in total. The number of aryl methyl sites for hydroxylation is 1. The van der Waals surface area contributed by atoms with Gasteiger partial charge in [-0.05, 0) is 30.3 Å². The molecule has 0 atom stereocenters. The Hall–Kier alpha value is -1.78. The monoisotopic (exact) mass is 362 g/mol. The maximum Gasteiger partial charge on any atom is 0.196 e. The van der Waals surface area contributed by atoms with Crippen molar-refractivity contribution in [3.05, 3.63) is 63.2 Å². The van der Waals surface area contributed by atoms with Crippen LogP contribution in [0.25, 0.3) is 10.9 Å². The summed E-state index contributed by atoms with van der Waals surface area (Å²) in [4.78, 5) is 12.8. The quantitative estimate of drug-likeness (QED) is 0.541. The molecule has 106 valence electrons. The molecule has 0 saturated carbocycles. The van der Waals surface area contributed by atoms with E-state index in [1.807, 2.05) is 29.9 Å². The number of hydrogen-bond donors (Lipinski definition) is 1. The number of anilines is 1. The van der Waals surface area contributed by atoms with E-state index >= 15 is 0 Å². The number of carbonyl (C=O) groups excluding carboxylic acids is 1. The zero-order chi connectivity index (χ0) is 15.1. The predicted octanol–water partition coefficient (Wildman–Crippen LogP) is 4.41. The van der Waals surface area contributed by atoms with Gasteiger partial charge in [-0.1, -0.05) is 33.6 Å². The molecule has 5 heteroatoms. The zero-order valence-corrected chi connectivity index (χ0v) is 13.6. The van der Waals surface area contributed by atoms with Crippen LogP contribution >= 0.6 is 27.5 Å². The maximum atomic E-state index is 12.8. The highest BCUT2D eigenvalue weighted by molar-refractivity contribution is 9.10. The average molecular weight is 364 g/mol. The molecule has 0 aliphatic carbocycles. The number of fused-ring (bicyclic) bond motifs is 1. The second-order valence-electron chi connectivity index (χ2n) is 4.88. The molecule has 1 heterocycles. The number of nitrogens with zero attached hydrogens (tertiary/aromatic N) is 1. The fourth-order valence-electron chi connectivity index (χ4n) is 2.40. The van der Waals surface area contributed by atoms with E-state index in [0.29, 0.717) is 21.8 Å². The summed E-state index contributed by atoms with van der Waals surface area (Å²) in [6, 6.07) is 10.7. The van der Waals surface area contributed by atoms with Gasteiger partial charge >= 0.3 is 0 Å². The summed E-state index contributed by atoms with van der Waals surface area (Å²) >= 11 is 9.43. The summed E-state index contributed by atoms with van der Waals surface area (Å²) in [6.07, 6.45) is 1.82. The highest BCUT2D eigenvalue weighted by atomic mass is 79.9. The molecule has 0 spiro atoms. The molecule has 0 aliphatic heterocycles. The molecule has 0 fully saturated rings. The molecule has 0 radical (unpaired) electrons. The van der Waals surface area contributed by atoms with Crippen molar-refractivity contribution < 1.29 is 4.79 Å². The number of hydrogen-bond acceptors (Lipinski definition) is 2. The Bertz CT molecular complexity index is 870. The summed E-state index contributed by atoms with van der Waals surface area (Å²) in [5, 5.41) is 1.52. The summed E-state index contributed by atoms with van der Waals surface area (Å²) in [5.41, 5.74) is 8.46. The van der Waals surface area contributed by atoms with E-state index in [9.17, 15) is 4.79 Å². The largest absolute Gasteiger partial charge is 0.399 e. The molecule has 3 rings (SSSR count). The second kappa shape index (κ2) is 5.20. The van der Waals surface area contributed by atoms with Crippen LogP contribution in [0.2, 0.25) is 5.02 Å². The number of nitrogens with two attached hydrogens (primary N) is 1. The number of nitrogen functional groups attached to an aromatic ring is 1. The van der Waals surface area contributed by atoms with Crippen LogP contribution < -0.4 is 5.73 Å². The fraction of sp³-hybridized carbons (Fsp3) is 0.0625. The van der Waals surface area contributed by atoms with Gasteiger partial charge < -0.3 is 10.3 Å². The lowest BCUT2D eigenvalue weighted by atomic mass is 10.0. The first-order valence-electron chi connectivity index (χ1n) is 6.31. The summed E-state index contributed by atoms with van der Waals surface area (Å²) in [6.45, 7) is 0. The SMILES string of the molecule is Cn1cc(C(=O)c2cc(N)ccc2Br)c2ccc(Cl)cc21. The van der Waals surface area contributed by atoms with E-state index in [0.717, 1.165) is 15.4 Å². The van der Waals surface area contributed by atoms with Crippen LogP contribution in [0.15, 0.2) is 47.1 Å². The molecular formula is C16H12BrClN2O. The molecule has 2 aromatic carbocycles. The predicted molar refractivity (Wildman–Crippen MR) is 89.9 cm³/mol. The van der Waals surface area contributed by atoms with Crippen LogP contribution in [0, 0.1) is 0 Å². The summed E-state index contributed by atoms with van der Waals surface area (Å²) in [7, 11) is 1.89. The van der Waals surface area contributed by atoms with Crippen molar-refractivity contribution in [2.24, 2.45) is 7.05 Å². The van der Waals surface area contributed by atoms with Gasteiger partial charge in [-0.15, -0.1) is 0 Å². The van der Waals surface area contributed by atoms with Gasteiger partial charge in [-0.2, -0.15) is 0 Å². The fourth-order valence-corrected chi connectivity index (χ4v) is 2.99. The molecule has 1 aromatic heterocycles. The number of halogens is 2. The van der Waals surface area contributed by atoms with E-state index in [1.165, 1.54) is 0 Å². The van der Waals surface area contributed by atoms with Gasteiger partial charge in [0, 0.05) is 50.5 Å². The Labute approximate surface area is 135 Å². The maximum absolute atomic E-state index is 12.8. The molecular weight excluding hydrogens is 352 g/mol. The minimum atomic E-state index is -0.0675. The van der Waals surface area contributed by atoms with Crippen molar-refractivity contribution in [2.75, 3.05) is 5.73 Å². The van der Waals surface area contributed by atoms with Crippen LogP contribution in [0.3, 0.4) is 0 Å². The Morgan fingerprint density at radius 1 is 1.19 bits per heavy atom.